The molecule has 4 rings (SSSR count). The second kappa shape index (κ2) is 8.40. The summed E-state index contributed by atoms with van der Waals surface area (Å²) in [4.78, 5) is 0. The SMILES string of the molecule is CC(C)CCC[C@@H](C)[C@H]1CCN[C@@]2(C)C3=CC[C@H]4C(C)(C)[C@@H](O)CC[C@]4(C)[C@H]3CC[C@]12C. The molecular weight excluding hydrogens is 390 g/mol. The van der Waals surface area contributed by atoms with E-state index in [-0.39, 0.29) is 17.1 Å². The van der Waals surface area contributed by atoms with Crippen LogP contribution in [0.5, 0.6) is 0 Å². The lowest BCUT2D eigenvalue weighted by Gasteiger charge is -2.67. The highest BCUT2D eigenvalue weighted by molar-refractivity contribution is 5.36. The van der Waals surface area contributed by atoms with Crippen molar-refractivity contribution < 1.29 is 5.11 Å². The number of hydrogen-bond acceptors (Lipinski definition) is 2. The van der Waals surface area contributed by atoms with Gasteiger partial charge in [-0.3, -0.25) is 0 Å². The minimum atomic E-state index is -0.149. The largest absolute Gasteiger partial charge is 0.393 e. The summed E-state index contributed by atoms with van der Waals surface area (Å²) in [6.45, 7) is 20.9. The van der Waals surface area contributed by atoms with Crippen molar-refractivity contribution >= 4 is 0 Å². The zero-order valence-electron chi connectivity index (χ0n) is 22.6. The van der Waals surface area contributed by atoms with Gasteiger partial charge >= 0.3 is 0 Å². The molecule has 0 aromatic carbocycles. The Hall–Kier alpha value is -0.340. The highest BCUT2D eigenvalue weighted by Crippen LogP contribution is 2.67. The number of aliphatic hydroxyl groups excluding tert-OH is 1. The van der Waals surface area contributed by atoms with E-state index in [9.17, 15) is 5.11 Å². The van der Waals surface area contributed by atoms with E-state index in [0.29, 0.717) is 22.7 Å². The summed E-state index contributed by atoms with van der Waals surface area (Å²) in [7, 11) is 0. The summed E-state index contributed by atoms with van der Waals surface area (Å²) >= 11 is 0. The smallest absolute Gasteiger partial charge is 0.0594 e. The fourth-order valence-electron chi connectivity index (χ4n) is 9.49. The Kier molecular flexibility index (Phi) is 6.50. The molecule has 2 heteroatoms. The van der Waals surface area contributed by atoms with Gasteiger partial charge in [0.15, 0.2) is 0 Å². The first-order valence-electron chi connectivity index (χ1n) is 14.0. The van der Waals surface area contributed by atoms with Gasteiger partial charge in [0.05, 0.1) is 6.10 Å². The molecule has 8 atom stereocenters. The average Bonchev–Trinajstić information content (AvgIpc) is 2.71. The summed E-state index contributed by atoms with van der Waals surface area (Å²) in [6.07, 6.45) is 14.0. The number of rotatable bonds is 5. The van der Waals surface area contributed by atoms with Crippen LogP contribution in [0.4, 0.5) is 0 Å². The van der Waals surface area contributed by atoms with Gasteiger partial charge in [0, 0.05) is 5.54 Å². The highest BCUT2D eigenvalue weighted by atomic mass is 16.3. The van der Waals surface area contributed by atoms with Crippen molar-refractivity contribution in [3.05, 3.63) is 11.6 Å². The molecule has 0 spiro atoms. The predicted octanol–water partition coefficient (Wildman–Crippen LogP) is 7.37. The first kappa shape index (κ1) is 24.8. The molecule has 4 aliphatic rings. The van der Waals surface area contributed by atoms with E-state index in [1.165, 1.54) is 51.5 Å². The Morgan fingerprint density at radius 2 is 1.72 bits per heavy atom. The minimum absolute atomic E-state index is 0.0180. The third kappa shape index (κ3) is 3.57. The third-order valence-corrected chi connectivity index (χ3v) is 11.8. The van der Waals surface area contributed by atoms with Gasteiger partial charge in [-0.25, -0.2) is 0 Å². The van der Waals surface area contributed by atoms with Crippen LogP contribution in [-0.4, -0.2) is 23.3 Å². The molecule has 184 valence electrons. The lowest BCUT2D eigenvalue weighted by molar-refractivity contribution is -0.135. The van der Waals surface area contributed by atoms with E-state index in [1.54, 1.807) is 5.57 Å². The number of allylic oxidation sites excluding steroid dienone is 1. The minimum Gasteiger partial charge on any atom is -0.393 e. The first-order valence-corrected chi connectivity index (χ1v) is 14.0. The third-order valence-electron chi connectivity index (χ3n) is 11.8. The molecule has 3 aliphatic carbocycles. The Balaban J connectivity index is 1.63. The van der Waals surface area contributed by atoms with Gasteiger partial charge in [0.2, 0.25) is 0 Å². The highest BCUT2D eigenvalue weighted by Gasteiger charge is 2.64. The maximum atomic E-state index is 10.8. The van der Waals surface area contributed by atoms with E-state index in [0.717, 1.165) is 30.6 Å². The van der Waals surface area contributed by atoms with Crippen LogP contribution in [0.1, 0.15) is 113 Å². The van der Waals surface area contributed by atoms with Gasteiger partial charge in [0.1, 0.15) is 0 Å². The molecule has 32 heavy (non-hydrogen) atoms. The maximum Gasteiger partial charge on any atom is 0.0594 e. The van der Waals surface area contributed by atoms with Crippen LogP contribution < -0.4 is 5.32 Å². The number of aliphatic hydroxyl groups is 1. The number of nitrogens with one attached hydrogen (secondary N) is 1. The van der Waals surface area contributed by atoms with E-state index >= 15 is 0 Å². The molecule has 0 amide bonds. The average molecular weight is 444 g/mol. The van der Waals surface area contributed by atoms with Crippen molar-refractivity contribution in [2.45, 2.75) is 125 Å². The molecule has 0 bridgehead atoms. The van der Waals surface area contributed by atoms with Crippen molar-refractivity contribution in [3.63, 3.8) is 0 Å². The molecule has 0 radical (unpaired) electrons. The Labute approximate surface area is 199 Å². The molecule has 2 nitrogen and oxygen atoms in total. The molecule has 1 saturated heterocycles. The molecule has 0 aromatic rings. The lowest BCUT2D eigenvalue weighted by atomic mass is 9.40. The predicted molar refractivity (Wildman–Crippen MR) is 137 cm³/mol. The molecule has 0 unspecified atom stereocenters. The van der Waals surface area contributed by atoms with Gasteiger partial charge in [-0.05, 0) is 97.8 Å². The second-order valence-corrected chi connectivity index (χ2v) is 14.1. The topological polar surface area (TPSA) is 32.3 Å². The van der Waals surface area contributed by atoms with Crippen LogP contribution in [-0.2, 0) is 0 Å². The van der Waals surface area contributed by atoms with Crippen LogP contribution in [0.15, 0.2) is 11.6 Å². The Morgan fingerprint density at radius 3 is 2.41 bits per heavy atom. The summed E-state index contributed by atoms with van der Waals surface area (Å²) in [5, 5.41) is 15.0. The van der Waals surface area contributed by atoms with Crippen LogP contribution in [0, 0.1) is 45.8 Å². The normalized spacial score (nSPS) is 46.6. The van der Waals surface area contributed by atoms with E-state index in [1.807, 2.05) is 0 Å². The van der Waals surface area contributed by atoms with Crippen molar-refractivity contribution in [2.24, 2.45) is 45.8 Å². The Bertz CT molecular complexity index is 724. The van der Waals surface area contributed by atoms with E-state index in [4.69, 9.17) is 0 Å². The van der Waals surface area contributed by atoms with Crippen LogP contribution >= 0.6 is 0 Å². The molecule has 2 saturated carbocycles. The quantitative estimate of drug-likeness (QED) is 0.435. The van der Waals surface area contributed by atoms with E-state index < -0.39 is 0 Å². The number of hydrogen-bond donors (Lipinski definition) is 2. The van der Waals surface area contributed by atoms with Crippen molar-refractivity contribution in [2.75, 3.05) is 6.54 Å². The van der Waals surface area contributed by atoms with Crippen LogP contribution in [0.2, 0.25) is 0 Å². The first-order chi connectivity index (χ1) is 14.9. The van der Waals surface area contributed by atoms with Gasteiger partial charge in [-0.15, -0.1) is 0 Å². The zero-order chi connectivity index (χ0) is 23.5. The van der Waals surface area contributed by atoms with Crippen molar-refractivity contribution in [3.8, 4) is 0 Å². The van der Waals surface area contributed by atoms with Gasteiger partial charge in [0.25, 0.3) is 0 Å². The fraction of sp³-hybridized carbons (Fsp3) is 0.933. The summed E-state index contributed by atoms with van der Waals surface area (Å²) in [5.41, 5.74) is 2.56. The monoisotopic (exact) mass is 443 g/mol. The summed E-state index contributed by atoms with van der Waals surface area (Å²) < 4.78 is 0. The van der Waals surface area contributed by atoms with E-state index in [2.05, 4.69) is 66.8 Å². The van der Waals surface area contributed by atoms with Crippen LogP contribution in [0.3, 0.4) is 0 Å². The standard InChI is InChI=1S/C30H53NO/c1-20(2)10-9-11-21(3)22-16-19-31-30(8)24-12-13-25-27(4,5)26(32)15-17-28(25,6)23(24)14-18-29(22,30)7/h12,20-23,25-26,31-32H,9-11,13-19H2,1-8H3/t21-,22-,23+,25+,26+,28-,29-,30+/m1/s1. The number of piperidine rings is 1. The lowest BCUT2D eigenvalue weighted by Crippen LogP contribution is -2.69. The van der Waals surface area contributed by atoms with Crippen molar-refractivity contribution in [1.29, 1.82) is 0 Å². The van der Waals surface area contributed by atoms with Gasteiger partial charge in [-0.2, -0.15) is 0 Å². The summed E-state index contributed by atoms with van der Waals surface area (Å²) in [5.74, 6) is 3.72. The molecular formula is C30H53NO. The molecule has 0 aromatic heterocycles. The fourth-order valence-corrected chi connectivity index (χ4v) is 9.49. The van der Waals surface area contributed by atoms with Crippen LogP contribution in [0.25, 0.3) is 0 Å². The Morgan fingerprint density at radius 1 is 1.00 bits per heavy atom. The zero-order valence-corrected chi connectivity index (χ0v) is 22.6. The molecule has 1 heterocycles. The molecule has 1 aliphatic heterocycles. The van der Waals surface area contributed by atoms with Crippen molar-refractivity contribution in [1.82, 2.24) is 5.32 Å². The second-order valence-electron chi connectivity index (χ2n) is 14.1. The number of fused-ring (bicyclic) bond motifs is 5. The van der Waals surface area contributed by atoms with Gasteiger partial charge in [-0.1, -0.05) is 79.4 Å². The maximum absolute atomic E-state index is 10.8. The van der Waals surface area contributed by atoms with Gasteiger partial charge < -0.3 is 10.4 Å². The molecule has 3 fully saturated rings. The summed E-state index contributed by atoms with van der Waals surface area (Å²) in [6, 6.07) is 0. The molecule has 2 N–H and O–H groups in total.